The fourth-order valence-corrected chi connectivity index (χ4v) is 6.43. The Morgan fingerprint density at radius 3 is 1.80 bits per heavy atom. The van der Waals surface area contributed by atoms with Crippen molar-refractivity contribution in [3.05, 3.63) is 156 Å². The zero-order valence-corrected chi connectivity index (χ0v) is 31.5. The van der Waals surface area contributed by atoms with Gasteiger partial charge in [0.2, 0.25) is 11.8 Å². The lowest BCUT2D eigenvalue weighted by molar-refractivity contribution is -0.145. The van der Waals surface area contributed by atoms with Gasteiger partial charge in [0.25, 0.3) is 0 Å². The molecule has 0 saturated heterocycles. The highest BCUT2D eigenvalue weighted by molar-refractivity contribution is 6.03. The first kappa shape index (κ1) is 39.0. The molecule has 0 bridgehead atoms. The van der Waals surface area contributed by atoms with Gasteiger partial charge in [-0.05, 0) is 63.4 Å². The average Bonchev–Trinajstić information content (AvgIpc) is 3.63. The molecule has 2 N–H and O–H groups in total. The minimum atomic E-state index is -1.14. The smallest absolute Gasteiger partial charge is 0.408 e. The van der Waals surface area contributed by atoms with Gasteiger partial charge in [-0.25, -0.2) is 14.6 Å². The Bertz CT molecular complexity index is 1930. The standard InChI is InChI=1S/C43H47N5O6/c1-30-22-24-36(25-23-30)48(38(49)27-44-41(52)54-42(3,4)5)31(2)39(50)46-37(40(51)53-6)26-35-28-47(29-45-35)43(32-16-10-7-11-17-32,33-18-12-8-13-19-33)34-20-14-9-15-21-34/h7-25,28-29,31,37H,26-27H2,1-6H3,(H,44,52)(H,46,50)/t31-,37-/m0/s1. The van der Waals surface area contributed by atoms with Crippen LogP contribution in [0.5, 0.6) is 0 Å². The number of ether oxygens (including phenoxy) is 2. The summed E-state index contributed by atoms with van der Waals surface area (Å²) in [5.74, 6) is -1.84. The first-order valence-corrected chi connectivity index (χ1v) is 17.8. The van der Waals surface area contributed by atoms with Crippen LogP contribution in [-0.2, 0) is 35.8 Å². The molecule has 0 unspecified atom stereocenters. The maximum absolute atomic E-state index is 13.9. The fraction of sp³-hybridized carbons (Fsp3) is 0.279. The zero-order valence-electron chi connectivity index (χ0n) is 31.5. The van der Waals surface area contributed by atoms with Gasteiger partial charge in [-0.3, -0.25) is 14.5 Å². The molecule has 1 heterocycles. The molecule has 0 radical (unpaired) electrons. The molecule has 0 aliphatic rings. The highest BCUT2D eigenvalue weighted by Gasteiger charge is 2.39. The van der Waals surface area contributed by atoms with Gasteiger partial charge < -0.3 is 24.7 Å². The summed E-state index contributed by atoms with van der Waals surface area (Å²) in [6.45, 7) is 8.18. The zero-order chi connectivity index (χ0) is 38.9. The van der Waals surface area contributed by atoms with Crippen molar-refractivity contribution in [2.75, 3.05) is 18.6 Å². The quantitative estimate of drug-likeness (QED) is 0.109. The lowest BCUT2D eigenvalue weighted by Gasteiger charge is -2.37. The van der Waals surface area contributed by atoms with Crippen LogP contribution in [0.4, 0.5) is 10.5 Å². The van der Waals surface area contributed by atoms with Crippen molar-refractivity contribution in [1.82, 2.24) is 20.2 Å². The third kappa shape index (κ3) is 9.03. The number of carbonyl (C=O) groups is 4. The Kier molecular flexibility index (Phi) is 12.3. The minimum Gasteiger partial charge on any atom is -0.467 e. The van der Waals surface area contributed by atoms with Crippen molar-refractivity contribution in [3.8, 4) is 0 Å². The number of amides is 3. The Labute approximate surface area is 316 Å². The van der Waals surface area contributed by atoms with E-state index in [-0.39, 0.29) is 6.42 Å². The lowest BCUT2D eigenvalue weighted by Crippen LogP contribution is -2.54. The van der Waals surface area contributed by atoms with Gasteiger partial charge in [0.05, 0.1) is 19.1 Å². The Balaban J connectivity index is 1.44. The number of methoxy groups -OCH3 is 1. The first-order valence-electron chi connectivity index (χ1n) is 17.8. The summed E-state index contributed by atoms with van der Waals surface area (Å²) >= 11 is 0. The van der Waals surface area contributed by atoms with E-state index >= 15 is 0 Å². The van der Waals surface area contributed by atoms with Crippen molar-refractivity contribution >= 4 is 29.6 Å². The molecule has 0 fully saturated rings. The van der Waals surface area contributed by atoms with Crippen LogP contribution in [0, 0.1) is 6.92 Å². The Morgan fingerprint density at radius 2 is 1.31 bits per heavy atom. The second-order valence-electron chi connectivity index (χ2n) is 14.0. The summed E-state index contributed by atoms with van der Waals surface area (Å²) in [4.78, 5) is 59.2. The number of aromatic nitrogens is 2. The molecule has 2 atom stereocenters. The summed E-state index contributed by atoms with van der Waals surface area (Å²) in [5.41, 5.74) is 3.33. The summed E-state index contributed by atoms with van der Waals surface area (Å²) in [5, 5.41) is 5.28. The second kappa shape index (κ2) is 17.1. The van der Waals surface area contributed by atoms with E-state index in [9.17, 15) is 19.2 Å². The molecule has 0 aliphatic carbocycles. The predicted molar refractivity (Wildman–Crippen MR) is 207 cm³/mol. The van der Waals surface area contributed by atoms with Crippen LogP contribution < -0.4 is 15.5 Å². The molecular formula is C43H47N5O6. The summed E-state index contributed by atoms with van der Waals surface area (Å²) in [6, 6.07) is 35.2. The number of esters is 1. The molecule has 0 saturated carbocycles. The van der Waals surface area contributed by atoms with Crippen LogP contribution in [0.3, 0.4) is 0 Å². The molecule has 0 spiro atoms. The number of benzene rings is 4. The molecule has 5 aromatic rings. The van der Waals surface area contributed by atoms with Crippen LogP contribution in [0.2, 0.25) is 0 Å². The number of nitrogens with one attached hydrogen (secondary N) is 2. The largest absolute Gasteiger partial charge is 0.467 e. The maximum atomic E-state index is 13.9. The van der Waals surface area contributed by atoms with Gasteiger partial charge in [0.1, 0.15) is 29.8 Å². The van der Waals surface area contributed by atoms with E-state index in [0.29, 0.717) is 11.4 Å². The first-order chi connectivity index (χ1) is 25.8. The number of imidazole rings is 1. The molecule has 0 aliphatic heterocycles. The molecule has 3 amide bonds. The van der Waals surface area contributed by atoms with E-state index in [4.69, 9.17) is 14.5 Å². The van der Waals surface area contributed by atoms with E-state index in [1.54, 1.807) is 46.2 Å². The van der Waals surface area contributed by atoms with Crippen molar-refractivity contribution in [3.63, 3.8) is 0 Å². The number of carbonyl (C=O) groups excluding carboxylic acids is 4. The Morgan fingerprint density at radius 1 is 0.796 bits per heavy atom. The van der Waals surface area contributed by atoms with Crippen molar-refractivity contribution in [1.29, 1.82) is 0 Å². The van der Waals surface area contributed by atoms with E-state index < -0.39 is 53.6 Å². The van der Waals surface area contributed by atoms with E-state index in [0.717, 1.165) is 22.3 Å². The van der Waals surface area contributed by atoms with E-state index in [1.807, 2.05) is 84.4 Å². The molecule has 11 heteroatoms. The molecule has 54 heavy (non-hydrogen) atoms. The monoisotopic (exact) mass is 729 g/mol. The van der Waals surface area contributed by atoms with Gasteiger partial charge in [0, 0.05) is 18.3 Å². The second-order valence-corrected chi connectivity index (χ2v) is 14.0. The predicted octanol–water partition coefficient (Wildman–Crippen LogP) is 6.18. The topological polar surface area (TPSA) is 132 Å². The normalized spacial score (nSPS) is 12.6. The average molecular weight is 730 g/mol. The number of hydrogen-bond acceptors (Lipinski definition) is 7. The SMILES string of the molecule is COC(=O)[C@H](Cc1cn(C(c2ccccc2)(c2ccccc2)c2ccccc2)cn1)NC(=O)[C@H](C)N(C(=O)CNC(=O)OC(C)(C)C)c1ccc(C)cc1. The number of alkyl carbamates (subject to hydrolysis) is 1. The van der Waals surface area contributed by atoms with Crippen LogP contribution in [-0.4, -0.2) is 64.8 Å². The minimum absolute atomic E-state index is 0.00522. The summed E-state index contributed by atoms with van der Waals surface area (Å²) in [6.07, 6.45) is 2.85. The number of aryl methyl sites for hydroxylation is 1. The van der Waals surface area contributed by atoms with Gasteiger partial charge in [-0.2, -0.15) is 0 Å². The maximum Gasteiger partial charge on any atom is 0.408 e. The highest BCUT2D eigenvalue weighted by Crippen LogP contribution is 2.40. The van der Waals surface area contributed by atoms with Crippen molar-refractivity contribution < 1.29 is 28.7 Å². The molecule has 280 valence electrons. The summed E-state index contributed by atoms with van der Waals surface area (Å²) in [7, 11) is 1.25. The van der Waals surface area contributed by atoms with Crippen molar-refractivity contribution in [2.45, 2.75) is 64.3 Å². The van der Waals surface area contributed by atoms with Crippen LogP contribution in [0.25, 0.3) is 0 Å². The van der Waals surface area contributed by atoms with E-state index in [1.165, 1.54) is 12.0 Å². The van der Waals surface area contributed by atoms with Crippen LogP contribution in [0.15, 0.2) is 128 Å². The lowest BCUT2D eigenvalue weighted by atomic mass is 9.77. The fourth-order valence-electron chi connectivity index (χ4n) is 6.43. The molecule has 5 rings (SSSR count). The number of nitrogens with zero attached hydrogens (tertiary/aromatic N) is 3. The highest BCUT2D eigenvalue weighted by atomic mass is 16.6. The third-order valence-corrected chi connectivity index (χ3v) is 8.94. The third-order valence-electron chi connectivity index (χ3n) is 8.94. The van der Waals surface area contributed by atoms with Crippen LogP contribution in [0.1, 0.15) is 55.6 Å². The molecular weight excluding hydrogens is 683 g/mol. The van der Waals surface area contributed by atoms with Gasteiger partial charge in [-0.15, -0.1) is 0 Å². The summed E-state index contributed by atoms with van der Waals surface area (Å²) < 4.78 is 12.4. The van der Waals surface area contributed by atoms with Crippen molar-refractivity contribution in [2.24, 2.45) is 0 Å². The van der Waals surface area contributed by atoms with Gasteiger partial charge >= 0.3 is 12.1 Å². The number of rotatable bonds is 13. The molecule has 1 aromatic heterocycles. The van der Waals surface area contributed by atoms with E-state index in [2.05, 4.69) is 47.0 Å². The Hall–Kier alpha value is -6.23. The molecule has 4 aromatic carbocycles. The van der Waals surface area contributed by atoms with Gasteiger partial charge in [0.15, 0.2) is 0 Å². The molecule has 11 nitrogen and oxygen atoms in total. The number of hydrogen-bond donors (Lipinski definition) is 2. The number of anilines is 1. The van der Waals surface area contributed by atoms with Gasteiger partial charge in [-0.1, -0.05) is 109 Å². The van der Waals surface area contributed by atoms with Crippen LogP contribution >= 0.6 is 0 Å².